The standard InChI is InChI=1S/C12H13F3N2O3S/c13-12(14,15)10-6-3-7-17(10)21(19,20)9-5-2-1-4-8(9)11(16)18/h1-2,4-5,10H,3,6-7H2,(H2,16,18)/t10-/m0/s1. The van der Waals surface area contributed by atoms with Crippen molar-refractivity contribution in [3.8, 4) is 0 Å². The second kappa shape index (κ2) is 5.30. The van der Waals surface area contributed by atoms with E-state index in [1.807, 2.05) is 0 Å². The van der Waals surface area contributed by atoms with E-state index in [2.05, 4.69) is 0 Å². The summed E-state index contributed by atoms with van der Waals surface area (Å²) < 4.78 is 64.0. The van der Waals surface area contributed by atoms with Gasteiger partial charge in [-0.15, -0.1) is 0 Å². The molecule has 0 spiro atoms. The topological polar surface area (TPSA) is 80.5 Å². The Morgan fingerprint density at radius 1 is 1.29 bits per heavy atom. The molecule has 9 heteroatoms. The van der Waals surface area contributed by atoms with E-state index in [1.54, 1.807) is 0 Å². The minimum Gasteiger partial charge on any atom is -0.366 e. The van der Waals surface area contributed by atoms with Gasteiger partial charge in [-0.25, -0.2) is 8.42 Å². The molecule has 0 bridgehead atoms. The van der Waals surface area contributed by atoms with Crippen LogP contribution >= 0.6 is 0 Å². The van der Waals surface area contributed by atoms with Crippen molar-refractivity contribution >= 4 is 15.9 Å². The maximum atomic E-state index is 12.9. The van der Waals surface area contributed by atoms with Gasteiger partial charge in [-0.3, -0.25) is 4.79 Å². The third-order valence-corrected chi connectivity index (χ3v) is 5.29. The number of halogens is 3. The normalized spacial score (nSPS) is 20.6. The van der Waals surface area contributed by atoms with Gasteiger partial charge in [-0.2, -0.15) is 17.5 Å². The fraction of sp³-hybridized carbons (Fsp3) is 0.417. The number of carbonyl (C=O) groups excluding carboxylic acids is 1. The SMILES string of the molecule is NC(=O)c1ccccc1S(=O)(=O)N1CCC[C@H]1C(F)(F)F. The van der Waals surface area contributed by atoms with Crippen LogP contribution in [0.3, 0.4) is 0 Å². The number of nitrogens with zero attached hydrogens (tertiary/aromatic N) is 1. The van der Waals surface area contributed by atoms with Gasteiger partial charge in [-0.05, 0) is 25.0 Å². The van der Waals surface area contributed by atoms with Crippen molar-refractivity contribution in [2.45, 2.75) is 30.0 Å². The molecule has 1 atom stereocenters. The van der Waals surface area contributed by atoms with Crippen molar-refractivity contribution < 1.29 is 26.4 Å². The Bertz CT molecular complexity index is 658. The molecular formula is C12H13F3N2O3S. The van der Waals surface area contributed by atoms with Crippen LogP contribution in [0.1, 0.15) is 23.2 Å². The summed E-state index contributed by atoms with van der Waals surface area (Å²) in [6.07, 6.45) is -4.82. The lowest BCUT2D eigenvalue weighted by Crippen LogP contribution is -2.44. The lowest BCUT2D eigenvalue weighted by molar-refractivity contribution is -0.165. The van der Waals surface area contributed by atoms with Crippen molar-refractivity contribution in [1.82, 2.24) is 4.31 Å². The maximum Gasteiger partial charge on any atom is 0.405 e. The number of carbonyl (C=O) groups is 1. The minimum absolute atomic E-state index is 0.113. The summed E-state index contributed by atoms with van der Waals surface area (Å²) in [6, 6.07) is 2.92. The number of alkyl halides is 3. The highest BCUT2D eigenvalue weighted by Crippen LogP contribution is 2.36. The number of hydrogen-bond donors (Lipinski definition) is 1. The zero-order valence-electron chi connectivity index (χ0n) is 10.8. The number of benzene rings is 1. The molecule has 1 amide bonds. The molecule has 1 aromatic carbocycles. The lowest BCUT2D eigenvalue weighted by atomic mass is 10.2. The zero-order chi connectivity index (χ0) is 15.8. The first kappa shape index (κ1) is 15.8. The summed E-state index contributed by atoms with van der Waals surface area (Å²) in [5.74, 6) is -1.00. The van der Waals surface area contributed by atoms with Gasteiger partial charge in [0.25, 0.3) is 0 Å². The Kier molecular flexibility index (Phi) is 3.98. The Labute approximate surface area is 119 Å². The molecule has 1 saturated heterocycles. The van der Waals surface area contributed by atoms with Crippen LogP contribution in [0.4, 0.5) is 13.2 Å². The van der Waals surface area contributed by atoms with Gasteiger partial charge in [0, 0.05) is 6.54 Å². The fourth-order valence-corrected chi connectivity index (χ4v) is 4.26. The van der Waals surface area contributed by atoms with Gasteiger partial charge in [-0.1, -0.05) is 12.1 Å². The first-order valence-corrected chi connectivity index (χ1v) is 7.57. The number of rotatable bonds is 3. The van der Waals surface area contributed by atoms with E-state index in [0.29, 0.717) is 4.31 Å². The lowest BCUT2D eigenvalue weighted by Gasteiger charge is -2.26. The van der Waals surface area contributed by atoms with Crippen molar-refractivity contribution in [2.24, 2.45) is 5.73 Å². The quantitative estimate of drug-likeness (QED) is 0.916. The van der Waals surface area contributed by atoms with Gasteiger partial charge in [0.15, 0.2) is 0 Å². The smallest absolute Gasteiger partial charge is 0.366 e. The van der Waals surface area contributed by atoms with Crippen LogP contribution in [0.15, 0.2) is 29.2 Å². The Morgan fingerprint density at radius 3 is 2.48 bits per heavy atom. The molecule has 2 rings (SSSR count). The van der Waals surface area contributed by atoms with Crippen LogP contribution in [-0.4, -0.2) is 37.4 Å². The molecule has 1 aliphatic rings. The zero-order valence-corrected chi connectivity index (χ0v) is 11.6. The third kappa shape index (κ3) is 2.88. The van der Waals surface area contributed by atoms with Gasteiger partial charge < -0.3 is 5.73 Å². The number of amides is 1. The molecule has 0 aliphatic carbocycles. The first-order chi connectivity index (χ1) is 9.65. The van der Waals surface area contributed by atoms with Crippen molar-refractivity contribution in [1.29, 1.82) is 0 Å². The summed E-state index contributed by atoms with van der Waals surface area (Å²) >= 11 is 0. The minimum atomic E-state index is -4.65. The van der Waals surface area contributed by atoms with Gasteiger partial charge >= 0.3 is 6.18 Å². The molecule has 2 N–H and O–H groups in total. The van der Waals surface area contributed by atoms with Crippen LogP contribution in [0, 0.1) is 0 Å². The molecule has 5 nitrogen and oxygen atoms in total. The van der Waals surface area contributed by atoms with Gasteiger partial charge in [0.1, 0.15) is 6.04 Å². The summed E-state index contributed by atoms with van der Waals surface area (Å²) in [5, 5.41) is 0. The van der Waals surface area contributed by atoms with Crippen molar-refractivity contribution in [3.63, 3.8) is 0 Å². The largest absolute Gasteiger partial charge is 0.405 e. The summed E-state index contributed by atoms with van der Waals surface area (Å²) in [7, 11) is -4.43. The number of hydrogen-bond acceptors (Lipinski definition) is 3. The maximum absolute atomic E-state index is 12.9. The second-order valence-electron chi connectivity index (χ2n) is 4.68. The third-order valence-electron chi connectivity index (χ3n) is 3.32. The van der Waals surface area contributed by atoms with Crippen LogP contribution in [0.25, 0.3) is 0 Å². The fourth-order valence-electron chi connectivity index (χ4n) is 2.38. The van der Waals surface area contributed by atoms with E-state index in [1.165, 1.54) is 18.2 Å². The number of nitrogens with two attached hydrogens (primary N) is 1. The Hall–Kier alpha value is -1.61. The highest BCUT2D eigenvalue weighted by molar-refractivity contribution is 7.89. The molecule has 0 saturated carbocycles. The van der Waals surface area contributed by atoms with Gasteiger partial charge in [0.05, 0.1) is 10.5 Å². The molecule has 1 aliphatic heterocycles. The Morgan fingerprint density at radius 2 is 1.90 bits per heavy atom. The van der Waals surface area contributed by atoms with Crippen LogP contribution in [0.5, 0.6) is 0 Å². The van der Waals surface area contributed by atoms with Crippen molar-refractivity contribution in [2.75, 3.05) is 6.54 Å². The Balaban J connectivity index is 2.50. The monoisotopic (exact) mass is 322 g/mol. The van der Waals surface area contributed by atoms with Crippen molar-refractivity contribution in [3.05, 3.63) is 29.8 Å². The van der Waals surface area contributed by atoms with Crippen LogP contribution in [-0.2, 0) is 10.0 Å². The predicted octanol–water partition coefficient (Wildman–Crippen LogP) is 1.50. The molecule has 1 aromatic rings. The van der Waals surface area contributed by atoms with Gasteiger partial charge in [0.2, 0.25) is 15.9 Å². The van der Waals surface area contributed by atoms with Crippen LogP contribution < -0.4 is 5.73 Å². The van der Waals surface area contributed by atoms with E-state index in [0.717, 1.165) is 6.07 Å². The molecule has 0 unspecified atom stereocenters. The first-order valence-electron chi connectivity index (χ1n) is 6.13. The molecule has 0 aromatic heterocycles. The van der Waals surface area contributed by atoms with E-state index in [4.69, 9.17) is 5.73 Å². The van der Waals surface area contributed by atoms with E-state index >= 15 is 0 Å². The summed E-state index contributed by atoms with van der Waals surface area (Å²) in [4.78, 5) is 10.8. The van der Waals surface area contributed by atoms with E-state index in [-0.39, 0.29) is 24.9 Å². The average molecular weight is 322 g/mol. The number of sulfonamides is 1. The van der Waals surface area contributed by atoms with E-state index in [9.17, 15) is 26.4 Å². The number of primary amides is 1. The summed E-state index contributed by atoms with van der Waals surface area (Å²) in [6.45, 7) is -0.237. The average Bonchev–Trinajstić information content (AvgIpc) is 2.88. The molecule has 0 radical (unpaired) electrons. The van der Waals surface area contributed by atoms with Crippen LogP contribution in [0.2, 0.25) is 0 Å². The highest BCUT2D eigenvalue weighted by atomic mass is 32.2. The molecule has 21 heavy (non-hydrogen) atoms. The van der Waals surface area contributed by atoms with E-state index < -0.39 is 33.0 Å². The molecule has 116 valence electrons. The molecule has 1 heterocycles. The molecule has 1 fully saturated rings. The summed E-state index contributed by atoms with van der Waals surface area (Å²) in [5.41, 5.74) is 4.77. The predicted molar refractivity (Wildman–Crippen MR) is 67.9 cm³/mol. The highest BCUT2D eigenvalue weighted by Gasteiger charge is 2.50. The molecular weight excluding hydrogens is 309 g/mol. The second-order valence-corrected chi connectivity index (χ2v) is 6.53.